The number of nitrogens with zero attached hydrogens (tertiary/aromatic N) is 1. The molecule has 3 atom stereocenters. The van der Waals surface area contributed by atoms with Gasteiger partial charge < -0.3 is 24.4 Å². The zero-order chi connectivity index (χ0) is 24.2. The molecule has 3 unspecified atom stereocenters. The molecule has 1 fully saturated rings. The van der Waals surface area contributed by atoms with Crippen LogP contribution >= 0.6 is 23.2 Å². The van der Waals surface area contributed by atoms with Crippen molar-refractivity contribution < 1.29 is 19.0 Å². The molecule has 8 heteroatoms. The SMILES string of the molecule is COC1=CC(OC)C2C(=C1)CCN(C(=O)NCc1ccc(OC)cc1)C2c1cc(Cl)cc(Cl)c1. The van der Waals surface area contributed by atoms with Crippen molar-refractivity contribution in [2.45, 2.75) is 25.1 Å². The summed E-state index contributed by atoms with van der Waals surface area (Å²) in [6, 6.07) is 12.6. The number of halogens is 2. The summed E-state index contributed by atoms with van der Waals surface area (Å²) >= 11 is 12.7. The molecule has 6 nitrogen and oxygen atoms in total. The lowest BCUT2D eigenvalue weighted by atomic mass is 9.75. The first kappa shape index (κ1) is 24.5. The predicted molar refractivity (Wildman–Crippen MR) is 133 cm³/mol. The molecule has 0 bridgehead atoms. The van der Waals surface area contributed by atoms with Crippen LogP contribution in [-0.2, 0) is 16.0 Å². The molecule has 1 saturated heterocycles. The van der Waals surface area contributed by atoms with Gasteiger partial charge in [-0.3, -0.25) is 0 Å². The van der Waals surface area contributed by atoms with Gasteiger partial charge in [0.1, 0.15) is 11.5 Å². The molecule has 34 heavy (non-hydrogen) atoms. The summed E-state index contributed by atoms with van der Waals surface area (Å²) in [5.41, 5.74) is 3.02. The standard InChI is InChI=1S/C26H28Cl2N2O4/c1-32-21-6-4-16(5-7-21)15-29-26(31)30-9-8-17-12-22(33-2)14-23(34-3)24(17)25(30)18-10-19(27)13-20(28)11-18/h4-7,10-14,23-25H,8-9,15H2,1-3H3,(H,29,31). The summed E-state index contributed by atoms with van der Waals surface area (Å²) < 4.78 is 16.6. The van der Waals surface area contributed by atoms with Gasteiger partial charge in [-0.2, -0.15) is 0 Å². The summed E-state index contributed by atoms with van der Waals surface area (Å²) in [6.07, 6.45) is 4.44. The number of hydrogen-bond donors (Lipinski definition) is 1. The number of benzene rings is 2. The molecule has 2 aliphatic rings. The van der Waals surface area contributed by atoms with Gasteiger partial charge in [0.2, 0.25) is 0 Å². The van der Waals surface area contributed by atoms with Crippen LogP contribution in [0.3, 0.4) is 0 Å². The highest BCUT2D eigenvalue weighted by Gasteiger charge is 2.43. The second kappa shape index (κ2) is 10.7. The predicted octanol–water partition coefficient (Wildman–Crippen LogP) is 5.76. The molecular weight excluding hydrogens is 475 g/mol. The van der Waals surface area contributed by atoms with E-state index < -0.39 is 0 Å². The second-order valence-electron chi connectivity index (χ2n) is 8.32. The molecule has 1 aliphatic heterocycles. The van der Waals surface area contributed by atoms with Crippen LogP contribution in [0.2, 0.25) is 10.0 Å². The zero-order valence-electron chi connectivity index (χ0n) is 19.4. The number of fused-ring (bicyclic) bond motifs is 1. The third-order valence-electron chi connectivity index (χ3n) is 6.35. The van der Waals surface area contributed by atoms with Crippen molar-refractivity contribution in [3.63, 3.8) is 0 Å². The monoisotopic (exact) mass is 502 g/mol. The van der Waals surface area contributed by atoms with E-state index in [9.17, 15) is 4.79 Å². The molecule has 2 amide bonds. The molecule has 180 valence electrons. The van der Waals surface area contributed by atoms with Crippen molar-refractivity contribution in [3.05, 3.63) is 87.1 Å². The Morgan fingerprint density at radius 2 is 1.76 bits per heavy atom. The van der Waals surface area contributed by atoms with E-state index in [-0.39, 0.29) is 24.1 Å². The van der Waals surface area contributed by atoms with E-state index in [1.54, 1.807) is 27.4 Å². The number of piperidine rings is 1. The van der Waals surface area contributed by atoms with Crippen LogP contribution in [0.1, 0.15) is 23.6 Å². The summed E-state index contributed by atoms with van der Waals surface area (Å²) in [6.45, 7) is 0.941. The molecular formula is C26H28Cl2N2O4. The second-order valence-corrected chi connectivity index (χ2v) is 9.19. The van der Waals surface area contributed by atoms with E-state index in [1.165, 1.54) is 5.57 Å². The maximum atomic E-state index is 13.5. The Morgan fingerprint density at radius 3 is 2.38 bits per heavy atom. The van der Waals surface area contributed by atoms with Crippen molar-refractivity contribution in [2.75, 3.05) is 27.9 Å². The van der Waals surface area contributed by atoms with Crippen LogP contribution in [0.25, 0.3) is 0 Å². The lowest BCUT2D eigenvalue weighted by Gasteiger charge is -2.46. The maximum Gasteiger partial charge on any atom is 0.318 e. The molecule has 1 N–H and O–H groups in total. The van der Waals surface area contributed by atoms with Gasteiger partial charge in [0, 0.05) is 36.2 Å². The topological polar surface area (TPSA) is 60.0 Å². The largest absolute Gasteiger partial charge is 0.497 e. The first-order chi connectivity index (χ1) is 16.4. The normalized spacial score (nSPS) is 21.8. The molecule has 0 saturated carbocycles. The first-order valence-electron chi connectivity index (χ1n) is 11.1. The van der Waals surface area contributed by atoms with E-state index in [1.807, 2.05) is 53.5 Å². The third-order valence-corrected chi connectivity index (χ3v) is 6.79. The summed E-state index contributed by atoms with van der Waals surface area (Å²) in [7, 11) is 4.94. The Balaban J connectivity index is 1.64. The molecule has 0 aromatic heterocycles. The highest BCUT2D eigenvalue weighted by molar-refractivity contribution is 6.34. The summed E-state index contributed by atoms with van der Waals surface area (Å²) in [4.78, 5) is 15.3. The molecule has 2 aromatic rings. The van der Waals surface area contributed by atoms with E-state index >= 15 is 0 Å². The van der Waals surface area contributed by atoms with Gasteiger partial charge in [-0.1, -0.05) is 40.9 Å². The average Bonchev–Trinajstić information content (AvgIpc) is 2.85. The highest BCUT2D eigenvalue weighted by Crippen LogP contribution is 2.45. The van der Waals surface area contributed by atoms with Crippen LogP contribution in [0, 0.1) is 5.92 Å². The first-order valence-corrected chi connectivity index (χ1v) is 11.8. The van der Waals surface area contributed by atoms with Gasteiger partial charge >= 0.3 is 6.03 Å². The van der Waals surface area contributed by atoms with Gasteiger partial charge in [-0.05, 0) is 60.0 Å². The van der Waals surface area contributed by atoms with Crippen LogP contribution in [-0.4, -0.2) is 44.9 Å². The number of amides is 2. The van der Waals surface area contributed by atoms with Crippen LogP contribution in [0.5, 0.6) is 5.75 Å². The minimum absolute atomic E-state index is 0.0982. The average molecular weight is 503 g/mol. The molecule has 0 spiro atoms. The van der Waals surface area contributed by atoms with Gasteiger partial charge in [0.15, 0.2) is 0 Å². The quantitative estimate of drug-likeness (QED) is 0.545. The number of carbonyl (C=O) groups excluding carboxylic acids is 1. The Labute approximate surface area is 210 Å². The van der Waals surface area contributed by atoms with E-state index in [0.29, 0.717) is 29.6 Å². The number of rotatable bonds is 6. The number of urea groups is 1. The Hall–Kier alpha value is -2.67. The number of nitrogens with one attached hydrogen (secondary N) is 1. The lowest BCUT2D eigenvalue weighted by molar-refractivity contribution is 0.0386. The van der Waals surface area contributed by atoms with Crippen molar-refractivity contribution >= 4 is 29.2 Å². The fourth-order valence-corrected chi connectivity index (χ4v) is 5.28. The fourth-order valence-electron chi connectivity index (χ4n) is 4.73. The third kappa shape index (κ3) is 5.19. The van der Waals surface area contributed by atoms with E-state index in [0.717, 1.165) is 22.6 Å². The molecule has 1 heterocycles. The number of allylic oxidation sites excluding steroid dienone is 1. The highest BCUT2D eigenvalue weighted by atomic mass is 35.5. The number of hydrogen-bond acceptors (Lipinski definition) is 4. The summed E-state index contributed by atoms with van der Waals surface area (Å²) in [5.74, 6) is 1.44. The van der Waals surface area contributed by atoms with Crippen molar-refractivity contribution in [1.82, 2.24) is 10.2 Å². The van der Waals surface area contributed by atoms with Crippen LogP contribution < -0.4 is 10.1 Å². The minimum Gasteiger partial charge on any atom is -0.497 e. The van der Waals surface area contributed by atoms with E-state index in [2.05, 4.69) is 5.32 Å². The van der Waals surface area contributed by atoms with Crippen LogP contribution in [0.4, 0.5) is 4.79 Å². The Bertz CT molecular complexity index is 1080. The van der Waals surface area contributed by atoms with Crippen molar-refractivity contribution in [1.29, 1.82) is 0 Å². The molecule has 2 aromatic carbocycles. The molecule has 1 aliphatic carbocycles. The number of methoxy groups -OCH3 is 3. The van der Waals surface area contributed by atoms with Gasteiger partial charge in [0.05, 0.1) is 26.4 Å². The number of likely N-dealkylation sites (tertiary alicyclic amines) is 1. The van der Waals surface area contributed by atoms with E-state index in [4.69, 9.17) is 37.4 Å². The van der Waals surface area contributed by atoms with Gasteiger partial charge in [0.25, 0.3) is 0 Å². The smallest absolute Gasteiger partial charge is 0.318 e. The van der Waals surface area contributed by atoms with Gasteiger partial charge in [-0.25, -0.2) is 4.79 Å². The van der Waals surface area contributed by atoms with Crippen molar-refractivity contribution in [2.24, 2.45) is 5.92 Å². The lowest BCUT2D eigenvalue weighted by Crippen LogP contribution is -2.51. The zero-order valence-corrected chi connectivity index (χ0v) is 20.9. The number of carbonyl (C=O) groups is 1. The summed E-state index contributed by atoms with van der Waals surface area (Å²) in [5, 5.41) is 4.11. The Kier molecular flexibility index (Phi) is 7.71. The minimum atomic E-state index is -0.313. The Morgan fingerprint density at radius 1 is 1.06 bits per heavy atom. The number of ether oxygens (including phenoxy) is 3. The van der Waals surface area contributed by atoms with Gasteiger partial charge in [-0.15, -0.1) is 0 Å². The van der Waals surface area contributed by atoms with Crippen LogP contribution in [0.15, 0.2) is 65.9 Å². The maximum absolute atomic E-state index is 13.5. The fraction of sp³-hybridized carbons (Fsp3) is 0.346. The molecule has 0 radical (unpaired) electrons. The molecule has 4 rings (SSSR count). The van der Waals surface area contributed by atoms with Crippen molar-refractivity contribution in [3.8, 4) is 5.75 Å².